The van der Waals surface area contributed by atoms with Crippen LogP contribution >= 0.6 is 0 Å². The first-order valence-electron chi connectivity index (χ1n) is 11.5. The maximum atomic E-state index is 12.5. The zero-order chi connectivity index (χ0) is 24.2. The summed E-state index contributed by atoms with van der Waals surface area (Å²) in [5.74, 6) is 1.48. The van der Waals surface area contributed by atoms with Crippen LogP contribution in [0.2, 0.25) is 0 Å². The van der Waals surface area contributed by atoms with E-state index in [0.717, 1.165) is 42.4 Å². The highest BCUT2D eigenvalue weighted by Gasteiger charge is 2.18. The van der Waals surface area contributed by atoms with Gasteiger partial charge in [-0.3, -0.25) is 14.6 Å². The molecule has 1 aliphatic rings. The van der Waals surface area contributed by atoms with Crippen LogP contribution in [0.3, 0.4) is 0 Å². The molecule has 2 aromatic heterocycles. The van der Waals surface area contributed by atoms with Gasteiger partial charge >= 0.3 is 0 Å². The minimum Gasteiger partial charge on any atom is -0.494 e. The van der Waals surface area contributed by atoms with E-state index in [-0.39, 0.29) is 18.4 Å². The molecule has 0 spiro atoms. The summed E-state index contributed by atoms with van der Waals surface area (Å²) in [6, 6.07) is 14.0. The number of ether oxygens (including phenoxy) is 2. The van der Waals surface area contributed by atoms with Crippen molar-refractivity contribution >= 4 is 34.2 Å². The zero-order valence-corrected chi connectivity index (χ0v) is 19.3. The van der Waals surface area contributed by atoms with E-state index >= 15 is 0 Å². The summed E-state index contributed by atoms with van der Waals surface area (Å²) in [6.07, 6.45) is 7.37. The third-order valence-electron chi connectivity index (χ3n) is 5.95. The Morgan fingerprint density at radius 3 is 2.77 bits per heavy atom. The molecular weight excluding hydrogens is 446 g/mol. The van der Waals surface area contributed by atoms with Crippen molar-refractivity contribution in [2.45, 2.75) is 25.7 Å². The molecule has 178 valence electrons. The Kier molecular flexibility index (Phi) is 6.34. The number of pyridine rings is 1. The zero-order valence-electron chi connectivity index (χ0n) is 19.3. The number of rotatable bonds is 7. The van der Waals surface area contributed by atoms with Crippen LogP contribution in [0.5, 0.6) is 11.5 Å². The molecule has 0 bridgehead atoms. The lowest BCUT2D eigenvalue weighted by Gasteiger charge is -2.13. The molecule has 0 saturated heterocycles. The van der Waals surface area contributed by atoms with Gasteiger partial charge in [0.25, 0.3) is 11.8 Å². The molecule has 0 fully saturated rings. The average molecular weight is 472 g/mol. The van der Waals surface area contributed by atoms with E-state index in [1.54, 1.807) is 36.5 Å². The molecular formula is C27H25N3O5. The predicted octanol–water partition coefficient (Wildman–Crippen LogP) is 4.99. The lowest BCUT2D eigenvalue weighted by atomic mass is 9.96. The van der Waals surface area contributed by atoms with Crippen LogP contribution in [0, 0.1) is 0 Å². The summed E-state index contributed by atoms with van der Waals surface area (Å²) in [4.78, 5) is 28.9. The number of nitrogens with one attached hydrogen (secondary N) is 2. The molecule has 0 saturated carbocycles. The Morgan fingerprint density at radius 1 is 1.06 bits per heavy atom. The standard InChI is InChI=1S/C27H25N3O5/c1-33-25-13-18(8-10-22(25)30-27(32)17-5-4-12-28-15-17)29-26(31)16-34-19-9-11-24-21(14-19)20-6-2-3-7-23(20)35-24/h4-5,8-15H,2-3,6-7,16H2,1H3,(H,29,31)(H,30,32). The van der Waals surface area contributed by atoms with Crippen molar-refractivity contribution in [2.24, 2.45) is 0 Å². The van der Waals surface area contributed by atoms with Crippen LogP contribution in [0.1, 0.15) is 34.5 Å². The van der Waals surface area contributed by atoms with Crippen LogP contribution in [-0.2, 0) is 17.6 Å². The predicted molar refractivity (Wildman–Crippen MR) is 132 cm³/mol. The summed E-state index contributed by atoms with van der Waals surface area (Å²) < 4.78 is 17.1. The van der Waals surface area contributed by atoms with Crippen LogP contribution in [-0.4, -0.2) is 30.5 Å². The number of aromatic nitrogens is 1. The number of furan rings is 1. The fourth-order valence-electron chi connectivity index (χ4n) is 4.24. The summed E-state index contributed by atoms with van der Waals surface area (Å²) >= 11 is 0. The maximum Gasteiger partial charge on any atom is 0.262 e. The summed E-state index contributed by atoms with van der Waals surface area (Å²) in [5.41, 5.74) is 3.54. The lowest BCUT2D eigenvalue weighted by Crippen LogP contribution is -2.20. The van der Waals surface area contributed by atoms with E-state index in [0.29, 0.717) is 28.4 Å². The summed E-state index contributed by atoms with van der Waals surface area (Å²) in [7, 11) is 1.49. The largest absolute Gasteiger partial charge is 0.494 e. The first-order valence-corrected chi connectivity index (χ1v) is 11.5. The highest BCUT2D eigenvalue weighted by molar-refractivity contribution is 6.05. The van der Waals surface area contributed by atoms with Crippen molar-refractivity contribution in [3.05, 3.63) is 77.8 Å². The van der Waals surface area contributed by atoms with Crippen molar-refractivity contribution < 1.29 is 23.5 Å². The third kappa shape index (κ3) is 4.96. The molecule has 2 amide bonds. The topological polar surface area (TPSA) is 103 Å². The first kappa shape index (κ1) is 22.5. The van der Waals surface area contributed by atoms with E-state index in [2.05, 4.69) is 15.6 Å². The average Bonchev–Trinajstić information content (AvgIpc) is 3.27. The minimum absolute atomic E-state index is 0.145. The lowest BCUT2D eigenvalue weighted by molar-refractivity contribution is -0.118. The number of nitrogens with zero attached hydrogens (tertiary/aromatic N) is 1. The van der Waals surface area contributed by atoms with Gasteiger partial charge in [0.05, 0.1) is 18.4 Å². The highest BCUT2D eigenvalue weighted by Crippen LogP contribution is 2.34. The van der Waals surface area contributed by atoms with Gasteiger partial charge < -0.3 is 24.5 Å². The fraction of sp³-hybridized carbons (Fsp3) is 0.222. The normalized spacial score (nSPS) is 12.6. The Balaban J connectivity index is 1.21. The minimum atomic E-state index is -0.312. The molecule has 5 rings (SSSR count). The van der Waals surface area contributed by atoms with Gasteiger partial charge in [-0.1, -0.05) is 0 Å². The van der Waals surface area contributed by atoms with Gasteiger partial charge in [-0.15, -0.1) is 0 Å². The quantitative estimate of drug-likeness (QED) is 0.394. The first-order chi connectivity index (χ1) is 17.1. The third-order valence-corrected chi connectivity index (χ3v) is 5.95. The van der Waals surface area contributed by atoms with Gasteiger partial charge in [-0.25, -0.2) is 0 Å². The number of anilines is 2. The van der Waals surface area contributed by atoms with E-state index in [1.165, 1.54) is 18.9 Å². The highest BCUT2D eigenvalue weighted by atomic mass is 16.5. The van der Waals surface area contributed by atoms with Crippen molar-refractivity contribution in [3.63, 3.8) is 0 Å². The van der Waals surface area contributed by atoms with Crippen molar-refractivity contribution in [2.75, 3.05) is 24.4 Å². The fourth-order valence-corrected chi connectivity index (χ4v) is 4.24. The second-order valence-corrected chi connectivity index (χ2v) is 8.32. The van der Waals surface area contributed by atoms with Crippen LogP contribution in [0.25, 0.3) is 11.0 Å². The number of amides is 2. The second kappa shape index (κ2) is 9.89. The molecule has 0 atom stereocenters. The molecule has 4 aromatic rings. The molecule has 0 aliphatic heterocycles. The molecule has 1 aliphatic carbocycles. The van der Waals surface area contributed by atoms with Gasteiger partial charge in [0.15, 0.2) is 6.61 Å². The summed E-state index contributed by atoms with van der Waals surface area (Å²) in [6.45, 7) is -0.145. The van der Waals surface area contributed by atoms with E-state index < -0.39 is 0 Å². The molecule has 35 heavy (non-hydrogen) atoms. The monoisotopic (exact) mass is 471 g/mol. The van der Waals surface area contributed by atoms with E-state index in [1.807, 2.05) is 18.2 Å². The Morgan fingerprint density at radius 2 is 1.94 bits per heavy atom. The van der Waals surface area contributed by atoms with E-state index in [4.69, 9.17) is 13.9 Å². The molecule has 8 heteroatoms. The summed E-state index contributed by atoms with van der Waals surface area (Å²) in [5, 5.41) is 6.65. The molecule has 2 heterocycles. The van der Waals surface area contributed by atoms with Crippen molar-refractivity contribution in [1.29, 1.82) is 0 Å². The second-order valence-electron chi connectivity index (χ2n) is 8.32. The number of carbonyl (C=O) groups excluding carboxylic acids is 2. The molecule has 0 unspecified atom stereocenters. The van der Waals surface area contributed by atoms with Crippen molar-refractivity contribution in [1.82, 2.24) is 4.98 Å². The maximum absolute atomic E-state index is 12.5. The van der Waals surface area contributed by atoms with Gasteiger partial charge in [0, 0.05) is 41.5 Å². The molecule has 2 N–H and O–H groups in total. The Bertz CT molecular complexity index is 1380. The van der Waals surface area contributed by atoms with Gasteiger partial charge in [-0.05, 0) is 61.7 Å². The smallest absolute Gasteiger partial charge is 0.262 e. The van der Waals surface area contributed by atoms with Gasteiger partial charge in [0.2, 0.25) is 0 Å². The van der Waals surface area contributed by atoms with Crippen molar-refractivity contribution in [3.8, 4) is 11.5 Å². The number of benzene rings is 2. The number of carbonyl (C=O) groups is 2. The number of aryl methyl sites for hydroxylation is 2. The molecule has 0 radical (unpaired) electrons. The SMILES string of the molecule is COc1cc(NC(=O)COc2ccc3oc4c(c3c2)CCCC4)ccc1NC(=O)c1cccnc1. The number of fused-ring (bicyclic) bond motifs is 3. The van der Waals surface area contributed by atoms with Crippen LogP contribution in [0.4, 0.5) is 11.4 Å². The number of hydrogen-bond acceptors (Lipinski definition) is 6. The number of hydrogen-bond donors (Lipinski definition) is 2. The molecule has 8 nitrogen and oxygen atoms in total. The number of methoxy groups -OCH3 is 1. The van der Waals surface area contributed by atoms with E-state index in [9.17, 15) is 9.59 Å². The van der Waals surface area contributed by atoms with Crippen LogP contribution < -0.4 is 20.1 Å². The van der Waals surface area contributed by atoms with Gasteiger partial charge in [0.1, 0.15) is 22.8 Å². The molecule has 2 aromatic carbocycles. The van der Waals surface area contributed by atoms with Gasteiger partial charge in [-0.2, -0.15) is 0 Å². The Hall–Kier alpha value is -4.33. The van der Waals surface area contributed by atoms with Crippen LogP contribution in [0.15, 0.2) is 65.3 Å². The Labute approximate surface area is 202 Å².